The van der Waals surface area contributed by atoms with Crippen LogP contribution in [0.25, 0.3) is 0 Å². The van der Waals surface area contributed by atoms with E-state index < -0.39 is 11.9 Å². The molecule has 0 aliphatic carbocycles. The molecule has 1 aromatic carbocycles. The van der Waals surface area contributed by atoms with Crippen LogP contribution in [-0.4, -0.2) is 26.2 Å². The normalized spacial score (nSPS) is 11.3. The summed E-state index contributed by atoms with van der Waals surface area (Å²) >= 11 is 0. The lowest BCUT2D eigenvalue weighted by molar-refractivity contribution is 0.0586. The number of rotatable bonds is 2. The van der Waals surface area contributed by atoms with E-state index in [1.807, 2.05) is 0 Å². The first kappa shape index (κ1) is 7.55. The van der Waals surface area contributed by atoms with Crippen molar-refractivity contribution >= 4 is 11.9 Å². The second-order valence-electron chi connectivity index (χ2n) is 2.39. The summed E-state index contributed by atoms with van der Waals surface area (Å²) in [6.07, 6.45) is 0. The molecule has 0 bridgehead atoms. The molecule has 0 spiro atoms. The summed E-state index contributed by atoms with van der Waals surface area (Å²) < 4.78 is 23.9. The molecule has 0 amide bonds. The summed E-state index contributed by atoms with van der Waals surface area (Å²) in [6.45, 7) is 0. The highest BCUT2D eigenvalue weighted by Crippen LogP contribution is 2.06. The van der Waals surface area contributed by atoms with Crippen LogP contribution in [0, 0.1) is 0 Å². The third kappa shape index (κ3) is 2.10. The van der Waals surface area contributed by atoms with Gasteiger partial charge in [-0.15, -0.1) is 0 Å². The predicted molar refractivity (Wildman–Crippen MR) is 49.1 cm³/mol. The molecule has 0 aliphatic heterocycles. The zero-order valence-corrected chi connectivity index (χ0v) is 7.79. The number of hydrogen-bond acceptors (Lipinski definition) is 4. The Bertz CT molecular complexity index is 419. The lowest BCUT2D eigenvalue weighted by atomic mass is 10.1. The molecular weight excluding hydrogens is 184 g/mol. The number of methoxy groups -OCH3 is 2. The van der Waals surface area contributed by atoms with Crippen LogP contribution in [0.4, 0.5) is 0 Å². The van der Waals surface area contributed by atoms with Gasteiger partial charge >= 0.3 is 11.9 Å². The molecular formula is C10H10O4. The molecule has 0 saturated heterocycles. The van der Waals surface area contributed by atoms with E-state index in [1.165, 1.54) is 7.11 Å². The second-order valence-corrected chi connectivity index (χ2v) is 2.39. The lowest BCUT2D eigenvalue weighted by Gasteiger charge is -2.00. The van der Waals surface area contributed by atoms with Gasteiger partial charge in [-0.25, -0.2) is 9.59 Å². The monoisotopic (exact) mass is 196 g/mol. The van der Waals surface area contributed by atoms with Crippen LogP contribution in [0.2, 0.25) is 0 Å². The molecule has 0 unspecified atom stereocenters. The molecule has 1 rings (SSSR count). The molecule has 0 aromatic heterocycles. The van der Waals surface area contributed by atoms with Gasteiger partial charge in [0.05, 0.1) is 28.1 Å². The van der Waals surface area contributed by atoms with E-state index in [0.29, 0.717) is 0 Å². The fourth-order valence-electron chi connectivity index (χ4n) is 0.839. The van der Waals surface area contributed by atoms with E-state index in [9.17, 15) is 9.59 Å². The summed E-state index contributed by atoms with van der Waals surface area (Å²) in [5, 5.41) is 0. The van der Waals surface area contributed by atoms with Crippen molar-refractivity contribution in [2.45, 2.75) is 0 Å². The number of carbonyl (C=O) groups is 2. The predicted octanol–water partition coefficient (Wildman–Crippen LogP) is 1.26. The third-order valence-electron chi connectivity index (χ3n) is 1.55. The van der Waals surface area contributed by atoms with Crippen molar-refractivity contribution < 1.29 is 21.8 Å². The lowest BCUT2D eigenvalue weighted by Crippen LogP contribution is -2.04. The highest BCUT2D eigenvalue weighted by molar-refractivity contribution is 5.93. The topological polar surface area (TPSA) is 52.6 Å². The quantitative estimate of drug-likeness (QED) is 0.668. The first-order valence-corrected chi connectivity index (χ1v) is 3.79. The average Bonchev–Trinajstić information content (AvgIpc) is 2.26. The van der Waals surface area contributed by atoms with Crippen LogP contribution in [0.15, 0.2) is 24.2 Å². The van der Waals surface area contributed by atoms with Crippen LogP contribution >= 0.6 is 0 Å². The van der Waals surface area contributed by atoms with Crippen LogP contribution in [-0.2, 0) is 9.47 Å². The summed E-state index contributed by atoms with van der Waals surface area (Å²) in [7, 11) is 2.36. The highest BCUT2D eigenvalue weighted by atomic mass is 16.5. The Hall–Kier alpha value is -1.84. The summed E-state index contributed by atoms with van der Waals surface area (Å²) in [4.78, 5) is 22.4. The third-order valence-corrected chi connectivity index (χ3v) is 1.55. The molecule has 0 fully saturated rings. The van der Waals surface area contributed by atoms with Gasteiger partial charge in [-0.3, -0.25) is 0 Å². The maximum absolute atomic E-state index is 11.2. The Balaban J connectivity index is 3.28. The van der Waals surface area contributed by atoms with Crippen LogP contribution in [0.1, 0.15) is 23.5 Å². The molecule has 74 valence electrons. The van der Waals surface area contributed by atoms with E-state index in [4.69, 9.17) is 2.74 Å². The van der Waals surface area contributed by atoms with Crippen molar-refractivity contribution in [1.29, 1.82) is 0 Å². The number of esters is 2. The fourth-order valence-corrected chi connectivity index (χ4v) is 0.839. The maximum Gasteiger partial charge on any atom is 0.337 e. The number of hydrogen-bond donors (Lipinski definition) is 0. The largest absolute Gasteiger partial charge is 0.465 e. The molecule has 0 radical (unpaired) electrons. The van der Waals surface area contributed by atoms with Crippen molar-refractivity contribution in [3.8, 4) is 0 Å². The van der Waals surface area contributed by atoms with Crippen molar-refractivity contribution in [3.05, 3.63) is 35.3 Å². The van der Waals surface area contributed by atoms with Gasteiger partial charge in [-0.2, -0.15) is 0 Å². The van der Waals surface area contributed by atoms with Gasteiger partial charge in [-0.05, 0) is 24.2 Å². The maximum atomic E-state index is 11.2. The average molecular weight is 196 g/mol. The van der Waals surface area contributed by atoms with Crippen molar-refractivity contribution in [1.82, 2.24) is 0 Å². The van der Waals surface area contributed by atoms with Gasteiger partial charge < -0.3 is 9.47 Å². The molecule has 1 aromatic rings. The summed E-state index contributed by atoms with van der Waals surface area (Å²) in [5.41, 5.74) is -0.111. The van der Waals surface area contributed by atoms with Crippen molar-refractivity contribution in [3.63, 3.8) is 0 Å². The van der Waals surface area contributed by atoms with Gasteiger partial charge in [0.25, 0.3) is 0 Å². The van der Waals surface area contributed by atoms with Gasteiger partial charge in [0.2, 0.25) is 0 Å². The van der Waals surface area contributed by atoms with Gasteiger partial charge in [0.1, 0.15) is 0 Å². The van der Waals surface area contributed by atoms with Gasteiger partial charge in [0.15, 0.2) is 0 Å². The first-order valence-electron chi connectivity index (χ1n) is 4.79. The van der Waals surface area contributed by atoms with E-state index in [2.05, 4.69) is 9.47 Å². The summed E-state index contributed by atoms with van der Waals surface area (Å²) in [6, 6.07) is 1.85. The number of benzene rings is 1. The van der Waals surface area contributed by atoms with E-state index in [0.717, 1.165) is 19.2 Å². The molecule has 4 heteroatoms. The Morgan fingerprint density at radius 2 is 1.50 bits per heavy atom. The van der Waals surface area contributed by atoms with Crippen LogP contribution < -0.4 is 0 Å². The molecule has 0 N–H and O–H groups in total. The van der Waals surface area contributed by atoms with E-state index >= 15 is 0 Å². The van der Waals surface area contributed by atoms with Gasteiger partial charge in [0, 0.05) is 0 Å². The van der Waals surface area contributed by atoms with Crippen LogP contribution in [0.3, 0.4) is 0 Å². The fraction of sp³-hybridized carbons (Fsp3) is 0.200. The smallest absolute Gasteiger partial charge is 0.337 e. The Kier molecular flexibility index (Phi) is 2.38. The Morgan fingerprint density at radius 1 is 1.07 bits per heavy atom. The molecule has 0 heterocycles. The zero-order chi connectivity index (χ0) is 12.3. The highest BCUT2D eigenvalue weighted by Gasteiger charge is 2.08. The van der Waals surface area contributed by atoms with Crippen LogP contribution in [0.5, 0.6) is 0 Å². The zero-order valence-electron chi connectivity index (χ0n) is 9.79. The van der Waals surface area contributed by atoms with E-state index in [1.54, 1.807) is 0 Å². The first-order chi connectivity index (χ1) is 7.51. The Labute approximate surface area is 84.3 Å². The molecule has 0 aliphatic rings. The SMILES string of the molecule is [2H]c1cc(C(=O)OC)cc([2H])c1C(=O)OC. The molecule has 0 saturated carbocycles. The minimum absolute atomic E-state index is 0.0603. The Morgan fingerprint density at radius 3 is 1.93 bits per heavy atom. The molecule has 4 nitrogen and oxygen atoms in total. The standard InChI is InChI=1S/C10H10O4/c1-13-9(11)7-3-5-8(6-4-7)10(12)14-2/h3-6H,1-2H3/i3D,4D. The van der Waals surface area contributed by atoms with E-state index in [-0.39, 0.29) is 23.2 Å². The number of ether oxygens (including phenoxy) is 2. The summed E-state index contributed by atoms with van der Waals surface area (Å²) in [5.74, 6) is -1.43. The second kappa shape index (κ2) is 4.41. The van der Waals surface area contributed by atoms with Gasteiger partial charge in [-0.1, -0.05) is 0 Å². The number of carbonyl (C=O) groups excluding carboxylic acids is 2. The minimum atomic E-state index is -0.772. The molecule has 14 heavy (non-hydrogen) atoms. The van der Waals surface area contributed by atoms with Crippen molar-refractivity contribution in [2.24, 2.45) is 0 Å². The minimum Gasteiger partial charge on any atom is -0.465 e. The molecule has 0 atom stereocenters. The van der Waals surface area contributed by atoms with Crippen molar-refractivity contribution in [2.75, 3.05) is 14.2 Å².